The molecule has 1 aliphatic rings. The summed E-state index contributed by atoms with van der Waals surface area (Å²) in [4.78, 5) is 13.7. The zero-order valence-corrected chi connectivity index (χ0v) is 11.6. The molecule has 1 aromatic carbocycles. The Labute approximate surface area is 117 Å². The molecule has 2 N–H and O–H groups in total. The van der Waals surface area contributed by atoms with E-state index >= 15 is 0 Å². The molecule has 1 aromatic rings. The number of aliphatic hydroxyl groups excluding tert-OH is 1. The van der Waals surface area contributed by atoms with Gasteiger partial charge in [0.05, 0.1) is 11.7 Å². The Morgan fingerprint density at radius 1 is 1.40 bits per heavy atom. The minimum Gasteiger partial charge on any atom is -0.507 e. The molecule has 0 aromatic heterocycles. The summed E-state index contributed by atoms with van der Waals surface area (Å²) in [6.45, 7) is 0.441. The third-order valence-electron chi connectivity index (χ3n) is 3.91. The van der Waals surface area contributed by atoms with E-state index in [2.05, 4.69) is 0 Å². The molecule has 4 nitrogen and oxygen atoms in total. The smallest absolute Gasteiger partial charge is 0.257 e. The molecule has 0 saturated heterocycles. The van der Waals surface area contributed by atoms with Gasteiger partial charge in [-0.05, 0) is 25.0 Å². The Balaban J connectivity index is 2.04. The van der Waals surface area contributed by atoms with Gasteiger partial charge in [0.1, 0.15) is 11.6 Å². The van der Waals surface area contributed by atoms with Gasteiger partial charge in [-0.1, -0.05) is 12.8 Å². The molecule has 2 rings (SSSR count). The van der Waals surface area contributed by atoms with Crippen LogP contribution in [-0.4, -0.2) is 40.7 Å². The number of amides is 1. The van der Waals surface area contributed by atoms with E-state index in [1.165, 1.54) is 11.0 Å². The fourth-order valence-corrected chi connectivity index (χ4v) is 2.73. The maximum atomic E-state index is 12.9. The van der Waals surface area contributed by atoms with Crippen LogP contribution in [0.4, 0.5) is 4.39 Å². The molecule has 20 heavy (non-hydrogen) atoms. The maximum Gasteiger partial charge on any atom is 0.257 e. The number of rotatable bonds is 3. The predicted molar refractivity (Wildman–Crippen MR) is 73.0 cm³/mol. The average molecular weight is 281 g/mol. The lowest BCUT2D eigenvalue weighted by atomic mass is 9.86. The number of nitrogens with zero attached hydrogens (tertiary/aromatic N) is 1. The Kier molecular flexibility index (Phi) is 4.60. The van der Waals surface area contributed by atoms with E-state index in [-0.39, 0.29) is 29.2 Å². The number of phenolic OH excluding ortho intramolecular Hbond substituents is 1. The molecule has 2 atom stereocenters. The first-order valence-electron chi connectivity index (χ1n) is 6.91. The van der Waals surface area contributed by atoms with Gasteiger partial charge in [0.25, 0.3) is 5.91 Å². The zero-order valence-electron chi connectivity index (χ0n) is 11.6. The van der Waals surface area contributed by atoms with Crippen LogP contribution in [0.25, 0.3) is 0 Å². The molecule has 1 aliphatic carbocycles. The molecule has 0 heterocycles. The fourth-order valence-electron chi connectivity index (χ4n) is 2.73. The van der Waals surface area contributed by atoms with Crippen molar-refractivity contribution in [3.63, 3.8) is 0 Å². The second-order valence-electron chi connectivity index (χ2n) is 5.46. The molecule has 0 bridgehead atoms. The van der Waals surface area contributed by atoms with E-state index in [0.29, 0.717) is 6.54 Å². The van der Waals surface area contributed by atoms with Crippen molar-refractivity contribution >= 4 is 5.91 Å². The van der Waals surface area contributed by atoms with E-state index in [1.807, 2.05) is 0 Å². The minimum atomic E-state index is -0.579. The van der Waals surface area contributed by atoms with E-state index in [0.717, 1.165) is 37.8 Å². The number of halogens is 1. The summed E-state index contributed by atoms with van der Waals surface area (Å²) in [6.07, 6.45) is 3.38. The normalized spacial score (nSPS) is 22.6. The van der Waals surface area contributed by atoms with Gasteiger partial charge in [-0.15, -0.1) is 0 Å². The highest BCUT2D eigenvalue weighted by Gasteiger charge is 2.26. The van der Waals surface area contributed by atoms with Crippen LogP contribution >= 0.6 is 0 Å². The Morgan fingerprint density at radius 2 is 2.10 bits per heavy atom. The highest BCUT2D eigenvalue weighted by molar-refractivity contribution is 5.96. The number of phenols is 1. The SMILES string of the molecule is CN(CC1CCCCC1O)C(=O)c1ccc(F)cc1O. The van der Waals surface area contributed by atoms with Crippen LogP contribution in [0.15, 0.2) is 18.2 Å². The Bertz CT molecular complexity index is 492. The first kappa shape index (κ1) is 14.8. The number of carbonyl (C=O) groups is 1. The average Bonchev–Trinajstić information content (AvgIpc) is 2.40. The van der Waals surface area contributed by atoms with E-state index < -0.39 is 5.82 Å². The highest BCUT2D eigenvalue weighted by Crippen LogP contribution is 2.26. The molecular weight excluding hydrogens is 261 g/mol. The first-order valence-corrected chi connectivity index (χ1v) is 6.91. The largest absolute Gasteiger partial charge is 0.507 e. The second kappa shape index (κ2) is 6.22. The Hall–Kier alpha value is -1.62. The second-order valence-corrected chi connectivity index (χ2v) is 5.46. The fraction of sp³-hybridized carbons (Fsp3) is 0.533. The quantitative estimate of drug-likeness (QED) is 0.892. The number of benzene rings is 1. The zero-order chi connectivity index (χ0) is 14.7. The van der Waals surface area contributed by atoms with Crippen LogP contribution in [0.3, 0.4) is 0 Å². The number of aliphatic hydroxyl groups is 1. The molecule has 2 unspecified atom stereocenters. The van der Waals surface area contributed by atoms with Crippen LogP contribution in [0.2, 0.25) is 0 Å². The van der Waals surface area contributed by atoms with Gasteiger partial charge in [-0.3, -0.25) is 4.79 Å². The molecule has 0 spiro atoms. The summed E-state index contributed by atoms with van der Waals surface area (Å²) in [7, 11) is 1.63. The summed E-state index contributed by atoms with van der Waals surface area (Å²) >= 11 is 0. The predicted octanol–water partition coefficient (Wildman–Crippen LogP) is 2.15. The van der Waals surface area contributed by atoms with E-state index in [1.54, 1.807) is 7.05 Å². The molecule has 1 saturated carbocycles. The lowest BCUT2D eigenvalue weighted by molar-refractivity contribution is 0.0450. The molecule has 0 radical (unpaired) electrons. The molecule has 1 amide bonds. The molecule has 5 heteroatoms. The lowest BCUT2D eigenvalue weighted by Gasteiger charge is -2.31. The van der Waals surface area contributed by atoms with Crippen molar-refractivity contribution < 1.29 is 19.4 Å². The third-order valence-corrected chi connectivity index (χ3v) is 3.91. The summed E-state index contributed by atoms with van der Waals surface area (Å²) in [5, 5.41) is 19.6. The van der Waals surface area contributed by atoms with E-state index in [9.17, 15) is 19.4 Å². The van der Waals surface area contributed by atoms with Gasteiger partial charge in [-0.25, -0.2) is 4.39 Å². The van der Waals surface area contributed by atoms with Crippen LogP contribution in [0.5, 0.6) is 5.75 Å². The van der Waals surface area contributed by atoms with Gasteiger partial charge in [0.15, 0.2) is 0 Å². The molecule has 0 aliphatic heterocycles. The Morgan fingerprint density at radius 3 is 2.75 bits per heavy atom. The molecular formula is C15H20FNO3. The van der Waals surface area contributed by atoms with Crippen molar-refractivity contribution in [2.24, 2.45) is 5.92 Å². The standard InChI is InChI=1S/C15H20FNO3/c1-17(9-10-4-2-3-5-13(10)18)15(20)12-7-6-11(16)8-14(12)19/h6-8,10,13,18-19H,2-5,9H2,1H3. The van der Waals surface area contributed by atoms with Crippen LogP contribution in [0.1, 0.15) is 36.0 Å². The van der Waals surface area contributed by atoms with Crippen molar-refractivity contribution in [2.75, 3.05) is 13.6 Å². The van der Waals surface area contributed by atoms with E-state index in [4.69, 9.17) is 0 Å². The third kappa shape index (κ3) is 3.28. The summed E-state index contributed by atoms with van der Waals surface area (Å²) in [5.74, 6) is -1.23. The van der Waals surface area contributed by atoms with Crippen molar-refractivity contribution in [3.05, 3.63) is 29.6 Å². The van der Waals surface area contributed by atoms with Gasteiger partial charge in [0.2, 0.25) is 0 Å². The van der Waals surface area contributed by atoms with Crippen molar-refractivity contribution in [1.29, 1.82) is 0 Å². The highest BCUT2D eigenvalue weighted by atomic mass is 19.1. The van der Waals surface area contributed by atoms with Crippen molar-refractivity contribution in [2.45, 2.75) is 31.8 Å². The molecule has 1 fully saturated rings. The van der Waals surface area contributed by atoms with Crippen LogP contribution in [-0.2, 0) is 0 Å². The summed E-state index contributed by atoms with van der Waals surface area (Å²) in [5.41, 5.74) is 0.0826. The minimum absolute atomic E-state index is 0.0697. The van der Waals surface area contributed by atoms with Crippen molar-refractivity contribution in [3.8, 4) is 5.75 Å². The number of hydrogen-bond donors (Lipinski definition) is 2. The number of hydrogen-bond acceptors (Lipinski definition) is 3. The van der Waals surface area contributed by atoms with Crippen LogP contribution < -0.4 is 0 Å². The summed E-state index contributed by atoms with van der Waals surface area (Å²) in [6, 6.07) is 3.35. The lowest BCUT2D eigenvalue weighted by Crippen LogP contribution is -2.38. The summed E-state index contributed by atoms with van der Waals surface area (Å²) < 4.78 is 12.9. The van der Waals surface area contributed by atoms with Gasteiger partial charge in [-0.2, -0.15) is 0 Å². The van der Waals surface area contributed by atoms with Gasteiger partial charge >= 0.3 is 0 Å². The topological polar surface area (TPSA) is 60.8 Å². The number of aromatic hydroxyl groups is 1. The first-order chi connectivity index (χ1) is 9.49. The van der Waals surface area contributed by atoms with Gasteiger partial charge < -0.3 is 15.1 Å². The maximum absolute atomic E-state index is 12.9. The van der Waals surface area contributed by atoms with Gasteiger partial charge in [0, 0.05) is 25.6 Å². The monoisotopic (exact) mass is 281 g/mol. The number of carbonyl (C=O) groups excluding carboxylic acids is 1. The van der Waals surface area contributed by atoms with Crippen LogP contribution in [0, 0.1) is 11.7 Å². The van der Waals surface area contributed by atoms with Crippen molar-refractivity contribution in [1.82, 2.24) is 4.90 Å². The molecule has 110 valence electrons.